The van der Waals surface area contributed by atoms with E-state index in [4.69, 9.17) is 4.74 Å². The molecule has 7 nitrogen and oxygen atoms in total. The van der Waals surface area contributed by atoms with Crippen molar-refractivity contribution in [1.29, 1.82) is 5.26 Å². The maximum atomic E-state index is 12.7. The van der Waals surface area contributed by atoms with Crippen LogP contribution in [0.5, 0.6) is 0 Å². The van der Waals surface area contributed by atoms with Gasteiger partial charge in [0.1, 0.15) is 0 Å². The normalized spacial score (nSPS) is 11.7. The van der Waals surface area contributed by atoms with Gasteiger partial charge in [-0.1, -0.05) is 36.4 Å². The van der Waals surface area contributed by atoms with Gasteiger partial charge in [-0.3, -0.25) is 10.1 Å². The summed E-state index contributed by atoms with van der Waals surface area (Å²) < 4.78 is 5.25. The number of amides is 3. The van der Waals surface area contributed by atoms with Crippen molar-refractivity contribution >= 4 is 17.9 Å². The van der Waals surface area contributed by atoms with Crippen molar-refractivity contribution in [3.8, 4) is 17.2 Å². The van der Waals surface area contributed by atoms with Crippen molar-refractivity contribution in [2.24, 2.45) is 0 Å². The molecule has 0 heterocycles. The van der Waals surface area contributed by atoms with Crippen molar-refractivity contribution < 1.29 is 19.1 Å². The fourth-order valence-corrected chi connectivity index (χ4v) is 2.57. The highest BCUT2D eigenvalue weighted by Crippen LogP contribution is 2.27. The van der Waals surface area contributed by atoms with E-state index in [1.54, 1.807) is 69.3 Å². The van der Waals surface area contributed by atoms with E-state index in [0.717, 1.165) is 0 Å². The number of carbonyl (C=O) groups is 3. The summed E-state index contributed by atoms with van der Waals surface area (Å²) in [6.07, 6.45) is -1.19. The lowest BCUT2D eigenvalue weighted by molar-refractivity contribution is -0.127. The minimum Gasteiger partial charge on any atom is -0.449 e. The third-order valence-electron chi connectivity index (χ3n) is 3.86. The number of imide groups is 1. The molecule has 0 bridgehead atoms. The van der Waals surface area contributed by atoms with Crippen molar-refractivity contribution in [2.45, 2.75) is 39.3 Å². The SMILES string of the molecule is C[C@@H](OC(=O)c1ccccc1-c1ccccc1C#N)C(=O)NC(=O)NC(C)(C)C. The van der Waals surface area contributed by atoms with Gasteiger partial charge in [-0.2, -0.15) is 5.26 Å². The van der Waals surface area contributed by atoms with Crippen LogP contribution in [0.15, 0.2) is 48.5 Å². The molecule has 3 amide bonds. The van der Waals surface area contributed by atoms with E-state index in [-0.39, 0.29) is 5.56 Å². The van der Waals surface area contributed by atoms with Crippen LogP contribution in [0.2, 0.25) is 0 Å². The van der Waals surface area contributed by atoms with E-state index in [2.05, 4.69) is 16.7 Å². The van der Waals surface area contributed by atoms with Gasteiger partial charge in [0.25, 0.3) is 5.91 Å². The number of rotatable bonds is 4. The molecule has 0 fully saturated rings. The average Bonchev–Trinajstić information content (AvgIpc) is 2.66. The lowest BCUT2D eigenvalue weighted by Crippen LogP contribution is -2.50. The molecule has 0 spiro atoms. The van der Waals surface area contributed by atoms with E-state index < -0.39 is 29.6 Å². The minimum atomic E-state index is -1.19. The van der Waals surface area contributed by atoms with E-state index in [0.29, 0.717) is 16.7 Å². The summed E-state index contributed by atoms with van der Waals surface area (Å²) >= 11 is 0. The van der Waals surface area contributed by atoms with Crippen LogP contribution in [-0.4, -0.2) is 29.6 Å². The van der Waals surface area contributed by atoms with E-state index in [1.165, 1.54) is 6.92 Å². The largest absolute Gasteiger partial charge is 0.449 e. The van der Waals surface area contributed by atoms with Gasteiger partial charge < -0.3 is 10.1 Å². The Labute approximate surface area is 169 Å². The molecule has 2 aromatic carbocycles. The lowest BCUT2D eigenvalue weighted by Gasteiger charge is -2.21. The number of benzene rings is 2. The molecule has 29 heavy (non-hydrogen) atoms. The molecule has 0 saturated heterocycles. The van der Waals surface area contributed by atoms with Gasteiger partial charge >= 0.3 is 12.0 Å². The summed E-state index contributed by atoms with van der Waals surface area (Å²) in [5.41, 5.74) is 1.22. The first kappa shape index (κ1) is 21.6. The second-order valence-electron chi connectivity index (χ2n) is 7.44. The topological polar surface area (TPSA) is 108 Å². The summed E-state index contributed by atoms with van der Waals surface area (Å²) in [5.74, 6) is -1.47. The molecule has 2 N–H and O–H groups in total. The van der Waals surface area contributed by atoms with Gasteiger partial charge in [-0.15, -0.1) is 0 Å². The monoisotopic (exact) mass is 393 g/mol. The molecule has 0 saturated carbocycles. The molecular weight excluding hydrogens is 370 g/mol. The Hall–Kier alpha value is -3.66. The molecule has 0 radical (unpaired) electrons. The van der Waals surface area contributed by atoms with Gasteiger partial charge in [0.2, 0.25) is 0 Å². The van der Waals surface area contributed by atoms with E-state index >= 15 is 0 Å². The smallest absolute Gasteiger partial charge is 0.339 e. The second-order valence-corrected chi connectivity index (χ2v) is 7.44. The minimum absolute atomic E-state index is 0.217. The molecule has 0 aliphatic carbocycles. The van der Waals surface area contributed by atoms with Crippen LogP contribution >= 0.6 is 0 Å². The summed E-state index contributed by atoms with van der Waals surface area (Å²) in [4.78, 5) is 36.7. The first-order valence-corrected chi connectivity index (χ1v) is 9.05. The zero-order chi connectivity index (χ0) is 21.6. The molecule has 0 unspecified atom stereocenters. The van der Waals surface area contributed by atoms with E-state index in [9.17, 15) is 19.6 Å². The maximum Gasteiger partial charge on any atom is 0.339 e. The van der Waals surface area contributed by atoms with Crippen LogP contribution in [0.3, 0.4) is 0 Å². The van der Waals surface area contributed by atoms with Crippen molar-refractivity contribution in [2.75, 3.05) is 0 Å². The Morgan fingerprint density at radius 1 is 1.00 bits per heavy atom. The number of nitrogens with one attached hydrogen (secondary N) is 2. The summed E-state index contributed by atoms with van der Waals surface area (Å²) in [6.45, 7) is 6.70. The van der Waals surface area contributed by atoms with Crippen molar-refractivity contribution in [3.05, 3.63) is 59.7 Å². The van der Waals surface area contributed by atoms with Crippen molar-refractivity contribution in [1.82, 2.24) is 10.6 Å². The number of ether oxygens (including phenoxy) is 1. The highest BCUT2D eigenvalue weighted by Gasteiger charge is 2.24. The lowest BCUT2D eigenvalue weighted by atomic mass is 9.96. The number of esters is 1. The van der Waals surface area contributed by atoms with Gasteiger partial charge in [0.15, 0.2) is 6.10 Å². The predicted molar refractivity (Wildman–Crippen MR) is 108 cm³/mol. The Morgan fingerprint density at radius 3 is 2.21 bits per heavy atom. The Bertz CT molecular complexity index is 971. The summed E-state index contributed by atoms with van der Waals surface area (Å²) in [5, 5.41) is 14.1. The molecular formula is C22H23N3O4. The third kappa shape index (κ3) is 5.91. The first-order valence-electron chi connectivity index (χ1n) is 9.05. The highest BCUT2D eigenvalue weighted by molar-refractivity contribution is 6.01. The molecule has 0 aromatic heterocycles. The highest BCUT2D eigenvalue weighted by atomic mass is 16.5. The number of hydrogen-bond acceptors (Lipinski definition) is 5. The first-order chi connectivity index (χ1) is 13.6. The fraction of sp³-hybridized carbons (Fsp3) is 0.273. The van der Waals surface area contributed by atoms with Crippen LogP contribution < -0.4 is 10.6 Å². The van der Waals surface area contributed by atoms with Crippen LogP contribution in [0, 0.1) is 11.3 Å². The second kappa shape index (κ2) is 9.02. The Morgan fingerprint density at radius 2 is 1.59 bits per heavy atom. The van der Waals surface area contributed by atoms with Crippen LogP contribution in [0.1, 0.15) is 43.6 Å². The number of nitriles is 1. The van der Waals surface area contributed by atoms with Crippen LogP contribution in [0.25, 0.3) is 11.1 Å². The Balaban J connectivity index is 2.17. The maximum absolute atomic E-state index is 12.7. The summed E-state index contributed by atoms with van der Waals surface area (Å²) in [6, 6.07) is 15.0. The molecule has 1 atom stereocenters. The van der Waals surface area contributed by atoms with Gasteiger partial charge in [-0.05, 0) is 45.4 Å². The predicted octanol–water partition coefficient (Wildman–Crippen LogP) is 3.39. The average molecular weight is 393 g/mol. The van der Waals surface area contributed by atoms with Crippen LogP contribution in [0.4, 0.5) is 4.79 Å². The molecule has 150 valence electrons. The number of urea groups is 1. The zero-order valence-electron chi connectivity index (χ0n) is 16.8. The molecule has 2 aromatic rings. The Kier molecular flexibility index (Phi) is 6.73. The molecule has 0 aliphatic heterocycles. The fourth-order valence-electron chi connectivity index (χ4n) is 2.57. The quantitative estimate of drug-likeness (QED) is 0.774. The van der Waals surface area contributed by atoms with Gasteiger partial charge in [-0.25, -0.2) is 9.59 Å². The third-order valence-corrected chi connectivity index (χ3v) is 3.86. The van der Waals surface area contributed by atoms with Gasteiger partial charge in [0.05, 0.1) is 17.2 Å². The number of carbonyl (C=O) groups excluding carboxylic acids is 3. The number of hydrogen-bond donors (Lipinski definition) is 2. The van der Waals surface area contributed by atoms with E-state index in [1.807, 2.05) is 0 Å². The summed E-state index contributed by atoms with van der Waals surface area (Å²) in [7, 11) is 0. The van der Waals surface area contributed by atoms with Crippen LogP contribution in [-0.2, 0) is 9.53 Å². The number of nitrogens with zero attached hydrogens (tertiary/aromatic N) is 1. The standard InChI is InChI=1S/C22H23N3O4/c1-14(19(26)24-21(28)25-22(2,3)4)29-20(27)18-12-8-7-11-17(18)16-10-6-5-9-15(16)13-23/h5-12,14H,1-4H3,(H2,24,25,26,28)/t14-/m1/s1. The molecule has 2 rings (SSSR count). The molecule has 7 heteroatoms. The van der Waals surface area contributed by atoms with Gasteiger partial charge in [0, 0.05) is 11.1 Å². The zero-order valence-corrected chi connectivity index (χ0v) is 16.8. The van der Waals surface area contributed by atoms with Crippen molar-refractivity contribution in [3.63, 3.8) is 0 Å². The molecule has 0 aliphatic rings.